The number of piperidine rings is 1. The Morgan fingerprint density at radius 3 is 2.74 bits per heavy atom. The van der Waals surface area contributed by atoms with Gasteiger partial charge in [0.2, 0.25) is 5.95 Å². The van der Waals surface area contributed by atoms with Crippen molar-refractivity contribution in [1.82, 2.24) is 19.9 Å². The predicted octanol–water partition coefficient (Wildman–Crippen LogP) is 5.86. The van der Waals surface area contributed by atoms with Crippen LogP contribution >= 0.6 is 11.3 Å². The summed E-state index contributed by atoms with van der Waals surface area (Å²) in [6.07, 6.45) is 4.20. The molecule has 4 aromatic rings. The molecule has 3 atom stereocenters. The van der Waals surface area contributed by atoms with Crippen LogP contribution < -0.4 is 10.2 Å². The van der Waals surface area contributed by atoms with Gasteiger partial charge in [-0.3, -0.25) is 15.2 Å². The fourth-order valence-corrected chi connectivity index (χ4v) is 8.27. The van der Waals surface area contributed by atoms with Crippen molar-refractivity contribution >= 4 is 49.4 Å². The van der Waals surface area contributed by atoms with Gasteiger partial charge < -0.3 is 19.5 Å². The monoisotopic (exact) mass is 663 g/mol. The van der Waals surface area contributed by atoms with Crippen molar-refractivity contribution in [2.24, 2.45) is 0 Å². The molecule has 0 aliphatic carbocycles. The minimum absolute atomic E-state index is 0.0458. The lowest BCUT2D eigenvalue weighted by Gasteiger charge is -2.40. The van der Waals surface area contributed by atoms with Crippen LogP contribution in [0, 0.1) is 23.0 Å². The number of nitrogens with zero attached hydrogens (tertiary/aromatic N) is 6. The first-order chi connectivity index (χ1) is 22.4. The number of aliphatic hydroxyl groups excluding tert-OH is 1. The largest absolute Gasteiger partial charge is 0.444 e. The molecule has 2 saturated heterocycles. The Morgan fingerprint density at radius 1 is 1.21 bits per heavy atom. The van der Waals surface area contributed by atoms with Gasteiger partial charge in [-0.1, -0.05) is 0 Å². The first-order valence-electron chi connectivity index (χ1n) is 15.7. The molecule has 0 bridgehead atoms. The van der Waals surface area contributed by atoms with Crippen LogP contribution in [-0.2, 0) is 22.7 Å². The van der Waals surface area contributed by atoms with Gasteiger partial charge in [-0.25, -0.2) is 23.5 Å². The number of anilines is 2. The number of ether oxygens (including phenoxy) is 2. The minimum atomic E-state index is -0.804. The highest BCUT2D eigenvalue weighted by Crippen LogP contribution is 2.46. The van der Waals surface area contributed by atoms with Gasteiger partial charge >= 0.3 is 6.09 Å². The van der Waals surface area contributed by atoms with Crippen LogP contribution in [0.4, 0.5) is 24.5 Å². The highest BCUT2D eigenvalue weighted by molar-refractivity contribution is 7.23. The molecule has 7 rings (SSSR count). The average Bonchev–Trinajstić information content (AvgIpc) is 3.75. The van der Waals surface area contributed by atoms with Gasteiger partial charge in [0.15, 0.2) is 11.6 Å². The molecule has 3 aliphatic rings. The SMILES string of the molecule is C[C@H](O)CN1CCCC2C1CCN2c1ncc2c3c(c(-c4ncc(F)c5sc(NC(=O)OC(C)(C)C)c(C#N)c45)c(F)c2n1)COC3. The third kappa shape index (κ3) is 5.54. The van der Waals surface area contributed by atoms with Crippen LogP contribution in [0.5, 0.6) is 0 Å². The fraction of sp³-hybridized carbons (Fsp3) is 0.485. The highest BCUT2D eigenvalue weighted by atomic mass is 32.1. The molecule has 0 saturated carbocycles. The summed E-state index contributed by atoms with van der Waals surface area (Å²) in [6.45, 7) is 9.41. The van der Waals surface area contributed by atoms with Gasteiger partial charge in [0.25, 0.3) is 0 Å². The van der Waals surface area contributed by atoms with E-state index >= 15 is 8.78 Å². The van der Waals surface area contributed by atoms with Gasteiger partial charge in [-0.05, 0) is 64.6 Å². The maximum Gasteiger partial charge on any atom is 0.412 e. The highest BCUT2D eigenvalue weighted by Gasteiger charge is 2.42. The molecular formula is C33H35F2N7O4S. The number of thiophene rings is 1. The molecule has 6 heterocycles. The second kappa shape index (κ2) is 11.9. The Morgan fingerprint density at radius 2 is 2.00 bits per heavy atom. The summed E-state index contributed by atoms with van der Waals surface area (Å²) in [6, 6.07) is 2.45. The van der Waals surface area contributed by atoms with Crippen molar-refractivity contribution in [1.29, 1.82) is 5.26 Å². The standard InChI is InChI=1S/C33H35F2N7O4S/c1-16(43)13-41-8-5-6-23-22(41)7-9-42(23)31-38-11-18-19-14-45-15-20(19)24(26(35)27(18)39-31)28-25-17(10-36)30(40-32(44)46-33(2,3)4)47-29(25)21(34)12-37-28/h11-12,16,22-23,43H,5-9,13-15H2,1-4H3,(H,40,44)/t16-,22?,23?/m0/s1. The number of aliphatic hydroxyl groups is 1. The van der Waals surface area contributed by atoms with E-state index in [9.17, 15) is 15.2 Å². The number of amides is 1. The van der Waals surface area contributed by atoms with Crippen molar-refractivity contribution in [3.63, 3.8) is 0 Å². The molecule has 47 heavy (non-hydrogen) atoms. The number of aromatic nitrogens is 3. The van der Waals surface area contributed by atoms with E-state index in [1.807, 2.05) is 0 Å². The Kier molecular flexibility index (Phi) is 7.99. The lowest BCUT2D eigenvalue weighted by molar-refractivity contribution is 0.0636. The van der Waals surface area contributed by atoms with Crippen LogP contribution in [0.25, 0.3) is 32.2 Å². The lowest BCUT2D eigenvalue weighted by atomic mass is 9.94. The van der Waals surface area contributed by atoms with Crippen LogP contribution in [0.3, 0.4) is 0 Å². The number of carbonyl (C=O) groups excluding carboxylic acids is 1. The number of carbonyl (C=O) groups is 1. The lowest BCUT2D eigenvalue weighted by Crippen LogP contribution is -2.51. The molecule has 246 valence electrons. The van der Waals surface area contributed by atoms with Crippen molar-refractivity contribution in [3.05, 3.63) is 40.7 Å². The second-order valence-corrected chi connectivity index (χ2v) is 14.4. The molecule has 2 unspecified atom stereocenters. The van der Waals surface area contributed by atoms with Crippen molar-refractivity contribution < 1.29 is 28.2 Å². The summed E-state index contributed by atoms with van der Waals surface area (Å²) < 4.78 is 43.4. The van der Waals surface area contributed by atoms with Gasteiger partial charge in [-0.2, -0.15) is 5.26 Å². The Bertz CT molecular complexity index is 1950. The first-order valence-corrected chi connectivity index (χ1v) is 16.5. The van der Waals surface area contributed by atoms with E-state index in [2.05, 4.69) is 26.2 Å². The van der Waals surface area contributed by atoms with Crippen molar-refractivity contribution in [3.8, 4) is 17.3 Å². The predicted molar refractivity (Wildman–Crippen MR) is 173 cm³/mol. The summed E-state index contributed by atoms with van der Waals surface area (Å²) in [5.41, 5.74) is 0.637. The Balaban J connectivity index is 1.35. The number of fused-ring (bicyclic) bond motifs is 5. The van der Waals surface area contributed by atoms with Gasteiger partial charge in [0.05, 0.1) is 41.5 Å². The first kappa shape index (κ1) is 31.6. The van der Waals surface area contributed by atoms with Gasteiger partial charge in [0, 0.05) is 47.7 Å². The number of hydrogen-bond donors (Lipinski definition) is 2. The fourth-order valence-electron chi connectivity index (χ4n) is 7.23. The topological polar surface area (TPSA) is 137 Å². The molecule has 0 radical (unpaired) electrons. The molecule has 2 N–H and O–H groups in total. The van der Waals surface area contributed by atoms with Gasteiger partial charge in [-0.15, -0.1) is 11.3 Å². The number of nitrogens with one attached hydrogen (secondary N) is 1. The van der Waals surface area contributed by atoms with E-state index in [0.29, 0.717) is 35.6 Å². The van der Waals surface area contributed by atoms with Crippen molar-refractivity contribution in [2.75, 3.05) is 29.9 Å². The van der Waals surface area contributed by atoms with Gasteiger partial charge in [0.1, 0.15) is 22.2 Å². The number of nitriles is 1. The number of hydrogen-bond acceptors (Lipinski definition) is 11. The zero-order valence-electron chi connectivity index (χ0n) is 26.6. The summed E-state index contributed by atoms with van der Waals surface area (Å²) in [5, 5.41) is 23.5. The molecule has 3 aromatic heterocycles. The van der Waals surface area contributed by atoms with Crippen LogP contribution in [0.1, 0.15) is 63.6 Å². The summed E-state index contributed by atoms with van der Waals surface area (Å²) >= 11 is 0.859. The zero-order chi connectivity index (χ0) is 33.2. The summed E-state index contributed by atoms with van der Waals surface area (Å²) in [4.78, 5) is 30.9. The number of rotatable bonds is 5. The molecule has 0 spiro atoms. The Hall–Kier alpha value is -4.03. The van der Waals surface area contributed by atoms with E-state index in [1.165, 1.54) is 0 Å². The number of likely N-dealkylation sites (tertiary alicyclic amines) is 1. The molecule has 2 fully saturated rings. The van der Waals surface area contributed by atoms with Crippen molar-refractivity contribution in [2.45, 2.75) is 84.0 Å². The minimum Gasteiger partial charge on any atom is -0.444 e. The third-order valence-corrected chi connectivity index (χ3v) is 10.1. The van der Waals surface area contributed by atoms with E-state index < -0.39 is 29.4 Å². The van der Waals surface area contributed by atoms with Crippen LogP contribution in [0.15, 0.2) is 12.4 Å². The third-order valence-electron chi connectivity index (χ3n) is 9.00. The average molecular weight is 664 g/mol. The maximum atomic E-state index is 17.0. The van der Waals surface area contributed by atoms with Crippen LogP contribution in [-0.4, -0.2) is 74.5 Å². The van der Waals surface area contributed by atoms with E-state index in [1.54, 1.807) is 33.9 Å². The number of benzene rings is 1. The molecule has 1 aromatic carbocycles. The number of pyridine rings is 1. The molecule has 11 nitrogen and oxygen atoms in total. The second-order valence-electron chi connectivity index (χ2n) is 13.4. The van der Waals surface area contributed by atoms with E-state index in [-0.39, 0.29) is 62.7 Å². The number of halogens is 2. The Labute approximate surface area is 274 Å². The summed E-state index contributed by atoms with van der Waals surface area (Å²) in [7, 11) is 0. The number of β-amino-alcohol motifs (C(OH)–C–C–N with tert-alkyl or cyclic N) is 1. The van der Waals surface area contributed by atoms with E-state index in [0.717, 1.165) is 43.3 Å². The maximum absolute atomic E-state index is 17.0. The molecule has 3 aliphatic heterocycles. The van der Waals surface area contributed by atoms with E-state index in [4.69, 9.17) is 19.4 Å². The molecular weight excluding hydrogens is 628 g/mol. The normalized spacial score (nSPS) is 20.3. The molecule has 1 amide bonds. The molecule has 14 heteroatoms. The van der Waals surface area contributed by atoms with Crippen LogP contribution in [0.2, 0.25) is 0 Å². The quantitative estimate of drug-likeness (QED) is 0.267. The summed E-state index contributed by atoms with van der Waals surface area (Å²) in [5.74, 6) is -0.955. The smallest absolute Gasteiger partial charge is 0.412 e. The zero-order valence-corrected chi connectivity index (χ0v) is 27.4.